The van der Waals surface area contributed by atoms with E-state index in [9.17, 15) is 4.79 Å². The molecule has 158 valence electrons. The number of nitrogens with one attached hydrogen (secondary N) is 1. The standard InChI is InChI=1S/C22H32N4O3/c1-16(2)9-26-11-20(29-14-18-6-5-7-19(8-18)28-4)10-25(13-22(26)27)12-21-17(3)23-15-24-21/h5-8,15-16,20H,9-14H2,1-4H3,(H,23,24)/t20-/m1/s1. The summed E-state index contributed by atoms with van der Waals surface area (Å²) in [7, 11) is 1.66. The number of H-pyrrole nitrogens is 1. The fourth-order valence-electron chi connectivity index (χ4n) is 3.63. The number of ether oxygens (including phenoxy) is 2. The largest absolute Gasteiger partial charge is 0.497 e. The maximum absolute atomic E-state index is 12.9. The average Bonchev–Trinajstić information content (AvgIpc) is 3.02. The van der Waals surface area contributed by atoms with Crippen molar-refractivity contribution in [3.8, 4) is 5.75 Å². The van der Waals surface area contributed by atoms with Gasteiger partial charge in [-0.1, -0.05) is 26.0 Å². The third-order valence-corrected chi connectivity index (χ3v) is 5.11. The first-order valence-electron chi connectivity index (χ1n) is 10.2. The maximum Gasteiger partial charge on any atom is 0.236 e. The van der Waals surface area contributed by atoms with Crippen LogP contribution in [0.4, 0.5) is 0 Å². The third-order valence-electron chi connectivity index (χ3n) is 5.11. The van der Waals surface area contributed by atoms with Gasteiger partial charge < -0.3 is 19.4 Å². The van der Waals surface area contributed by atoms with Crippen molar-refractivity contribution < 1.29 is 14.3 Å². The quantitative estimate of drug-likeness (QED) is 0.738. The van der Waals surface area contributed by atoms with E-state index in [-0.39, 0.29) is 12.0 Å². The third kappa shape index (κ3) is 6.05. The number of imidazole rings is 1. The highest BCUT2D eigenvalue weighted by atomic mass is 16.5. The van der Waals surface area contributed by atoms with Gasteiger partial charge in [0.1, 0.15) is 5.75 Å². The summed E-state index contributed by atoms with van der Waals surface area (Å²) >= 11 is 0. The van der Waals surface area contributed by atoms with Crippen molar-refractivity contribution in [2.24, 2.45) is 5.92 Å². The predicted octanol–water partition coefficient (Wildman–Crippen LogP) is 2.61. The Bertz CT molecular complexity index is 805. The summed E-state index contributed by atoms with van der Waals surface area (Å²) in [6, 6.07) is 7.90. The summed E-state index contributed by atoms with van der Waals surface area (Å²) in [6.07, 6.45) is 1.64. The molecule has 2 heterocycles. The zero-order valence-corrected chi connectivity index (χ0v) is 17.9. The van der Waals surface area contributed by atoms with Crippen LogP contribution in [0, 0.1) is 12.8 Å². The van der Waals surface area contributed by atoms with Gasteiger partial charge in [0.15, 0.2) is 0 Å². The van der Waals surface area contributed by atoms with Gasteiger partial charge in [0.05, 0.1) is 38.4 Å². The first kappa shape index (κ1) is 21.3. The second kappa shape index (κ2) is 9.89. The molecule has 3 rings (SSSR count). The molecular formula is C22H32N4O3. The number of aromatic amines is 1. The van der Waals surface area contributed by atoms with Gasteiger partial charge in [-0.05, 0) is 30.5 Å². The van der Waals surface area contributed by atoms with E-state index >= 15 is 0 Å². The molecule has 1 amide bonds. The van der Waals surface area contributed by atoms with Gasteiger partial charge in [0.25, 0.3) is 0 Å². The highest BCUT2D eigenvalue weighted by molar-refractivity contribution is 5.78. The van der Waals surface area contributed by atoms with Crippen molar-refractivity contribution in [3.05, 3.63) is 47.5 Å². The molecule has 0 saturated carbocycles. The highest BCUT2D eigenvalue weighted by Gasteiger charge is 2.29. The minimum Gasteiger partial charge on any atom is -0.497 e. The van der Waals surface area contributed by atoms with Gasteiger partial charge in [-0.25, -0.2) is 4.98 Å². The van der Waals surface area contributed by atoms with Crippen LogP contribution in [0.3, 0.4) is 0 Å². The number of aromatic nitrogens is 2. The van der Waals surface area contributed by atoms with E-state index in [1.54, 1.807) is 13.4 Å². The number of benzene rings is 1. The molecule has 1 aliphatic rings. The summed E-state index contributed by atoms with van der Waals surface area (Å²) in [5, 5.41) is 0. The number of rotatable bonds is 8. The minimum absolute atomic E-state index is 0.0642. The Labute approximate surface area is 173 Å². The number of hydrogen-bond donors (Lipinski definition) is 1. The highest BCUT2D eigenvalue weighted by Crippen LogP contribution is 2.17. The summed E-state index contributed by atoms with van der Waals surface area (Å²) < 4.78 is 11.6. The Morgan fingerprint density at radius 3 is 2.83 bits per heavy atom. The van der Waals surface area contributed by atoms with E-state index in [4.69, 9.17) is 9.47 Å². The molecule has 0 bridgehead atoms. The molecule has 1 N–H and O–H groups in total. The second-order valence-electron chi connectivity index (χ2n) is 8.12. The number of carbonyl (C=O) groups excluding carboxylic acids is 1. The van der Waals surface area contributed by atoms with Crippen molar-refractivity contribution >= 4 is 5.91 Å². The molecule has 1 atom stereocenters. The molecule has 2 aromatic rings. The van der Waals surface area contributed by atoms with E-state index in [0.29, 0.717) is 38.7 Å². The lowest BCUT2D eigenvalue weighted by Crippen LogP contribution is -2.40. The maximum atomic E-state index is 12.9. The van der Waals surface area contributed by atoms with Crippen molar-refractivity contribution in [2.45, 2.75) is 40.0 Å². The van der Waals surface area contributed by atoms with Gasteiger partial charge >= 0.3 is 0 Å². The monoisotopic (exact) mass is 400 g/mol. The smallest absolute Gasteiger partial charge is 0.236 e. The van der Waals surface area contributed by atoms with Crippen LogP contribution in [0.5, 0.6) is 5.75 Å². The number of methoxy groups -OCH3 is 1. The Balaban J connectivity index is 1.70. The first-order valence-corrected chi connectivity index (χ1v) is 10.2. The second-order valence-corrected chi connectivity index (χ2v) is 8.12. The summed E-state index contributed by atoms with van der Waals surface area (Å²) in [6.45, 7) is 9.82. The van der Waals surface area contributed by atoms with Crippen molar-refractivity contribution in [3.63, 3.8) is 0 Å². The van der Waals surface area contributed by atoms with E-state index < -0.39 is 0 Å². The lowest BCUT2D eigenvalue weighted by molar-refractivity contribution is -0.132. The molecule has 0 radical (unpaired) electrons. The molecule has 29 heavy (non-hydrogen) atoms. The first-order chi connectivity index (χ1) is 13.9. The van der Waals surface area contributed by atoms with Crippen LogP contribution in [0.15, 0.2) is 30.6 Å². The number of hydrogen-bond acceptors (Lipinski definition) is 5. The zero-order chi connectivity index (χ0) is 20.8. The van der Waals surface area contributed by atoms with Gasteiger partial charge in [-0.2, -0.15) is 0 Å². The molecule has 7 heteroatoms. The Morgan fingerprint density at radius 2 is 2.14 bits per heavy atom. The normalized spacial score (nSPS) is 18.3. The van der Waals surface area contributed by atoms with Crippen LogP contribution >= 0.6 is 0 Å². The number of nitrogens with zero attached hydrogens (tertiary/aromatic N) is 3. The van der Waals surface area contributed by atoms with Gasteiger partial charge in [0, 0.05) is 31.9 Å². The SMILES string of the molecule is COc1cccc(CO[C@@H]2CN(Cc3nc[nH]c3C)CC(=O)N(CC(C)C)C2)c1. The van der Waals surface area contributed by atoms with Crippen molar-refractivity contribution in [2.75, 3.05) is 33.3 Å². The number of carbonyl (C=O) groups is 1. The number of amides is 1. The van der Waals surface area contributed by atoms with E-state index in [0.717, 1.165) is 29.2 Å². The molecule has 1 aromatic heterocycles. The van der Waals surface area contributed by atoms with Crippen molar-refractivity contribution in [1.29, 1.82) is 0 Å². The van der Waals surface area contributed by atoms with Crippen LogP contribution in [-0.2, 0) is 22.7 Å². The molecule has 0 spiro atoms. The van der Waals surface area contributed by atoms with Crippen LogP contribution in [0.2, 0.25) is 0 Å². The van der Waals surface area contributed by atoms with Crippen LogP contribution < -0.4 is 4.74 Å². The van der Waals surface area contributed by atoms with Gasteiger partial charge in [0.2, 0.25) is 5.91 Å². The molecule has 1 saturated heterocycles. The Kier molecular flexibility index (Phi) is 7.28. The lowest BCUT2D eigenvalue weighted by atomic mass is 10.2. The average molecular weight is 401 g/mol. The minimum atomic E-state index is -0.0642. The lowest BCUT2D eigenvalue weighted by Gasteiger charge is -2.26. The van der Waals surface area contributed by atoms with Gasteiger partial charge in [-0.3, -0.25) is 9.69 Å². The van der Waals surface area contributed by atoms with Crippen molar-refractivity contribution in [1.82, 2.24) is 19.8 Å². The number of aryl methyl sites for hydroxylation is 1. The van der Waals surface area contributed by atoms with Gasteiger partial charge in [-0.15, -0.1) is 0 Å². The van der Waals surface area contributed by atoms with E-state index in [2.05, 4.69) is 28.7 Å². The fourth-order valence-corrected chi connectivity index (χ4v) is 3.63. The van der Waals surface area contributed by atoms with E-state index in [1.165, 1.54) is 0 Å². The van der Waals surface area contributed by atoms with Crippen LogP contribution in [0.25, 0.3) is 0 Å². The topological polar surface area (TPSA) is 70.7 Å². The molecule has 7 nitrogen and oxygen atoms in total. The molecule has 1 aliphatic heterocycles. The fraction of sp³-hybridized carbons (Fsp3) is 0.545. The molecule has 0 unspecified atom stereocenters. The molecule has 1 aromatic carbocycles. The van der Waals surface area contributed by atoms with Crippen LogP contribution in [0.1, 0.15) is 30.8 Å². The summed E-state index contributed by atoms with van der Waals surface area (Å²) in [5.41, 5.74) is 3.07. The van der Waals surface area contributed by atoms with E-state index in [1.807, 2.05) is 36.1 Å². The molecule has 1 fully saturated rings. The summed E-state index contributed by atoms with van der Waals surface area (Å²) in [4.78, 5) is 24.5. The molecule has 0 aliphatic carbocycles. The Morgan fingerprint density at radius 1 is 1.31 bits per heavy atom. The predicted molar refractivity (Wildman–Crippen MR) is 112 cm³/mol. The molecular weight excluding hydrogens is 368 g/mol. The zero-order valence-electron chi connectivity index (χ0n) is 17.9. The Hall–Kier alpha value is -2.38. The summed E-state index contributed by atoms with van der Waals surface area (Å²) in [5.74, 6) is 1.39. The van der Waals surface area contributed by atoms with Crippen LogP contribution in [-0.4, -0.2) is 65.1 Å².